The van der Waals surface area contributed by atoms with Crippen molar-refractivity contribution in [3.8, 4) is 5.75 Å². The lowest BCUT2D eigenvalue weighted by Gasteiger charge is -2.10. The van der Waals surface area contributed by atoms with Crippen LogP contribution in [0.25, 0.3) is 0 Å². The van der Waals surface area contributed by atoms with Gasteiger partial charge in [-0.2, -0.15) is 0 Å². The number of phenols is 1. The van der Waals surface area contributed by atoms with Gasteiger partial charge in [0.15, 0.2) is 11.6 Å². The molecule has 0 aliphatic carbocycles. The molecule has 0 aliphatic heterocycles. The first-order chi connectivity index (χ1) is 6.07. The highest BCUT2D eigenvalue weighted by molar-refractivity contribution is 5.85. The van der Waals surface area contributed by atoms with Crippen LogP contribution in [-0.4, -0.2) is 5.11 Å². The van der Waals surface area contributed by atoms with E-state index in [9.17, 15) is 9.50 Å². The third kappa shape index (κ3) is 2.25. The molecule has 1 atom stereocenters. The van der Waals surface area contributed by atoms with Gasteiger partial charge in [-0.3, -0.25) is 0 Å². The zero-order valence-electron chi connectivity index (χ0n) is 7.83. The van der Waals surface area contributed by atoms with E-state index in [-0.39, 0.29) is 18.2 Å². The first kappa shape index (κ1) is 12.9. The molecular formula is C10H13ClFNO. The molecule has 1 rings (SSSR count). The quantitative estimate of drug-likeness (QED) is 0.748. The molecule has 0 heterocycles. The van der Waals surface area contributed by atoms with Crippen LogP contribution in [-0.2, 0) is 0 Å². The molecule has 0 bridgehead atoms. The second kappa shape index (κ2) is 4.98. The summed E-state index contributed by atoms with van der Waals surface area (Å²) in [5.41, 5.74) is 6.33. The SMILES string of the molecule is C=C[C@@H](N)c1ccc(C)c(F)c1O.Cl. The molecule has 3 N–H and O–H groups in total. The number of benzene rings is 1. The molecule has 14 heavy (non-hydrogen) atoms. The minimum absolute atomic E-state index is 0. The first-order valence-electron chi connectivity index (χ1n) is 3.94. The molecule has 2 nitrogen and oxygen atoms in total. The van der Waals surface area contributed by atoms with Gasteiger partial charge < -0.3 is 10.8 Å². The molecular weight excluding hydrogens is 205 g/mol. The summed E-state index contributed by atoms with van der Waals surface area (Å²) in [5.74, 6) is -0.998. The van der Waals surface area contributed by atoms with E-state index in [1.54, 1.807) is 19.1 Å². The molecule has 1 aromatic rings. The van der Waals surface area contributed by atoms with Gasteiger partial charge in [0.25, 0.3) is 0 Å². The Hall–Kier alpha value is -1.06. The molecule has 78 valence electrons. The van der Waals surface area contributed by atoms with Crippen molar-refractivity contribution in [1.29, 1.82) is 0 Å². The van der Waals surface area contributed by atoms with Crippen LogP contribution in [0.4, 0.5) is 4.39 Å². The fourth-order valence-corrected chi connectivity index (χ4v) is 1.08. The first-order valence-corrected chi connectivity index (χ1v) is 3.94. The van der Waals surface area contributed by atoms with E-state index in [0.29, 0.717) is 11.1 Å². The van der Waals surface area contributed by atoms with Crippen LogP contribution in [0.15, 0.2) is 24.8 Å². The zero-order valence-corrected chi connectivity index (χ0v) is 8.64. The lowest BCUT2D eigenvalue weighted by atomic mass is 10.0. The summed E-state index contributed by atoms with van der Waals surface area (Å²) in [6.45, 7) is 5.05. The van der Waals surface area contributed by atoms with E-state index in [0.717, 1.165) is 0 Å². The zero-order chi connectivity index (χ0) is 10.0. The Morgan fingerprint density at radius 1 is 1.57 bits per heavy atom. The second-order valence-electron chi connectivity index (χ2n) is 2.90. The Balaban J connectivity index is 0.00000169. The van der Waals surface area contributed by atoms with Gasteiger partial charge in [0.1, 0.15) is 0 Å². The maximum Gasteiger partial charge on any atom is 0.168 e. The number of phenolic OH excluding ortho intramolecular Hbond substituents is 1. The van der Waals surface area contributed by atoms with Crippen molar-refractivity contribution in [3.05, 3.63) is 41.7 Å². The van der Waals surface area contributed by atoms with E-state index < -0.39 is 11.9 Å². The molecule has 0 saturated heterocycles. The summed E-state index contributed by atoms with van der Waals surface area (Å²) in [7, 11) is 0. The molecule has 1 aromatic carbocycles. The fraction of sp³-hybridized carbons (Fsp3) is 0.200. The number of halogens is 2. The summed E-state index contributed by atoms with van der Waals surface area (Å²) < 4.78 is 13.1. The average Bonchev–Trinajstić information content (AvgIpc) is 2.13. The number of hydrogen-bond donors (Lipinski definition) is 2. The number of nitrogens with two attached hydrogens (primary N) is 1. The predicted molar refractivity (Wildman–Crippen MR) is 57.2 cm³/mol. The van der Waals surface area contributed by atoms with Gasteiger partial charge in [-0.15, -0.1) is 19.0 Å². The summed E-state index contributed by atoms with van der Waals surface area (Å²) in [4.78, 5) is 0. The van der Waals surface area contributed by atoms with E-state index in [1.165, 1.54) is 6.08 Å². The van der Waals surface area contributed by atoms with Crippen molar-refractivity contribution in [2.75, 3.05) is 0 Å². The molecule has 0 radical (unpaired) electrons. The Morgan fingerprint density at radius 3 is 2.64 bits per heavy atom. The van der Waals surface area contributed by atoms with Crippen LogP contribution in [0.3, 0.4) is 0 Å². The van der Waals surface area contributed by atoms with Gasteiger partial charge in [0, 0.05) is 5.56 Å². The summed E-state index contributed by atoms with van der Waals surface area (Å²) in [5, 5.41) is 9.38. The van der Waals surface area contributed by atoms with Gasteiger partial charge >= 0.3 is 0 Å². The van der Waals surface area contributed by atoms with Crippen LogP contribution >= 0.6 is 12.4 Å². The molecule has 0 saturated carbocycles. The Labute approximate surface area is 88.7 Å². The molecule has 0 amide bonds. The number of rotatable bonds is 2. The maximum absolute atomic E-state index is 13.1. The van der Waals surface area contributed by atoms with Crippen molar-refractivity contribution in [1.82, 2.24) is 0 Å². The van der Waals surface area contributed by atoms with Gasteiger partial charge in [0.05, 0.1) is 6.04 Å². The van der Waals surface area contributed by atoms with Gasteiger partial charge in [-0.05, 0) is 12.5 Å². The van der Waals surface area contributed by atoms with Gasteiger partial charge in [-0.1, -0.05) is 18.2 Å². The van der Waals surface area contributed by atoms with Crippen molar-refractivity contribution in [3.63, 3.8) is 0 Å². The highest BCUT2D eigenvalue weighted by atomic mass is 35.5. The largest absolute Gasteiger partial charge is 0.505 e. The van der Waals surface area contributed by atoms with Crippen molar-refractivity contribution in [2.24, 2.45) is 5.73 Å². The molecule has 0 aliphatic rings. The van der Waals surface area contributed by atoms with Crippen molar-refractivity contribution in [2.45, 2.75) is 13.0 Å². The van der Waals surface area contributed by atoms with E-state index in [4.69, 9.17) is 5.73 Å². The monoisotopic (exact) mass is 217 g/mol. The maximum atomic E-state index is 13.1. The van der Waals surface area contributed by atoms with Crippen molar-refractivity contribution >= 4 is 12.4 Å². The highest BCUT2D eigenvalue weighted by Gasteiger charge is 2.13. The number of aromatic hydroxyl groups is 1. The fourth-order valence-electron chi connectivity index (χ4n) is 1.08. The summed E-state index contributed by atoms with van der Waals surface area (Å²) in [6, 6.07) is 2.64. The predicted octanol–water partition coefficient (Wildman–Crippen LogP) is 2.45. The van der Waals surface area contributed by atoms with E-state index >= 15 is 0 Å². The minimum Gasteiger partial charge on any atom is -0.505 e. The Kier molecular flexibility index (Phi) is 4.60. The van der Waals surface area contributed by atoms with Crippen molar-refractivity contribution < 1.29 is 9.50 Å². The van der Waals surface area contributed by atoms with Gasteiger partial charge in [0.2, 0.25) is 0 Å². The molecule has 0 spiro atoms. The van der Waals surface area contributed by atoms with Crippen LogP contribution in [0.5, 0.6) is 5.75 Å². The highest BCUT2D eigenvalue weighted by Crippen LogP contribution is 2.28. The summed E-state index contributed by atoms with van der Waals surface area (Å²) in [6.07, 6.45) is 1.45. The molecule has 0 aromatic heterocycles. The standard InChI is InChI=1S/C10H12FNO.ClH/c1-3-8(12)7-5-4-6(2)9(11)10(7)13;/h3-5,8,13H,1,12H2,2H3;1H/t8-;/m1./s1. The third-order valence-corrected chi connectivity index (χ3v) is 1.95. The van der Waals surface area contributed by atoms with Crippen LogP contribution in [0.2, 0.25) is 0 Å². The molecule has 0 fully saturated rings. The lowest BCUT2D eigenvalue weighted by Crippen LogP contribution is -2.07. The molecule has 0 unspecified atom stereocenters. The van der Waals surface area contributed by atoms with E-state index in [1.807, 2.05) is 0 Å². The van der Waals surface area contributed by atoms with Crippen LogP contribution in [0, 0.1) is 12.7 Å². The Morgan fingerprint density at radius 2 is 2.14 bits per heavy atom. The lowest BCUT2D eigenvalue weighted by molar-refractivity contribution is 0.422. The Bertz CT molecular complexity index is 341. The van der Waals surface area contributed by atoms with Crippen LogP contribution < -0.4 is 5.73 Å². The third-order valence-electron chi connectivity index (χ3n) is 1.95. The molecule has 4 heteroatoms. The number of hydrogen-bond acceptors (Lipinski definition) is 2. The minimum atomic E-state index is -0.616. The second-order valence-corrected chi connectivity index (χ2v) is 2.90. The topological polar surface area (TPSA) is 46.2 Å². The normalized spacial score (nSPS) is 11.6. The smallest absolute Gasteiger partial charge is 0.168 e. The van der Waals surface area contributed by atoms with E-state index in [2.05, 4.69) is 6.58 Å². The average molecular weight is 218 g/mol. The van der Waals surface area contributed by atoms with Gasteiger partial charge in [-0.25, -0.2) is 4.39 Å². The number of aryl methyl sites for hydroxylation is 1. The summed E-state index contributed by atoms with van der Waals surface area (Å²) >= 11 is 0. The van der Waals surface area contributed by atoms with Crippen LogP contribution in [0.1, 0.15) is 17.2 Å².